The van der Waals surface area contributed by atoms with E-state index in [1.165, 1.54) is 12.3 Å². The Kier molecular flexibility index (Phi) is 7.43. The Morgan fingerprint density at radius 2 is 1.51 bits per heavy atom. The normalized spacial score (nSPS) is 19.9. The van der Waals surface area contributed by atoms with Crippen LogP contribution in [0.1, 0.15) is 65.0 Å². The second-order valence-corrected chi connectivity index (χ2v) is 10.2. The summed E-state index contributed by atoms with van der Waals surface area (Å²) < 4.78 is 121. The summed E-state index contributed by atoms with van der Waals surface area (Å²) in [5, 5.41) is 3.04. The van der Waals surface area contributed by atoms with Gasteiger partial charge in [0.2, 0.25) is 0 Å². The fourth-order valence-electron chi connectivity index (χ4n) is 4.42. The molecule has 0 aliphatic carbocycles. The molecular formula is C25H20BrF9N4. The van der Waals surface area contributed by atoms with Gasteiger partial charge < -0.3 is 11.1 Å². The number of nitrogens with two attached hydrogens (primary N) is 1. The third-order valence-electron chi connectivity index (χ3n) is 6.50. The van der Waals surface area contributed by atoms with Gasteiger partial charge in [-0.15, -0.1) is 0 Å². The van der Waals surface area contributed by atoms with Gasteiger partial charge in [0, 0.05) is 24.2 Å². The summed E-state index contributed by atoms with van der Waals surface area (Å²) in [5.41, 5.74) is 1.83. The molecule has 1 aliphatic rings. The van der Waals surface area contributed by atoms with Crippen LogP contribution in [0.15, 0.2) is 47.1 Å². The number of fused-ring (bicyclic) bond motifs is 1. The minimum Gasteiger partial charge on any atom is -0.367 e. The van der Waals surface area contributed by atoms with Gasteiger partial charge in [0.1, 0.15) is 5.82 Å². The number of halogens is 10. The number of nitrogens with zero attached hydrogens (tertiary/aromatic N) is 2. The predicted molar refractivity (Wildman–Crippen MR) is 128 cm³/mol. The topological polar surface area (TPSA) is 63.8 Å². The van der Waals surface area contributed by atoms with Crippen molar-refractivity contribution in [1.82, 2.24) is 9.97 Å². The maximum absolute atomic E-state index is 13.5. The molecule has 39 heavy (non-hydrogen) atoms. The number of benzene rings is 2. The van der Waals surface area contributed by atoms with E-state index in [1.54, 1.807) is 6.92 Å². The molecule has 0 saturated carbocycles. The molecule has 1 aliphatic heterocycles. The standard InChI is InChI=1S/C25H20BrF9N4/c1-2-22(36)10-17(16-9-13(23(27,28)29)3-4-19(16)39-22)21-37-11-18(26)20(38-21)7-12-5-14(24(30,31)32)8-15(6-12)25(33,34)35/h3-6,8-9,11,17,39H,2,7,10,36H2,1H3/t17-,22+/m0/s1. The van der Waals surface area contributed by atoms with Crippen molar-refractivity contribution in [2.75, 3.05) is 5.32 Å². The summed E-state index contributed by atoms with van der Waals surface area (Å²) >= 11 is 3.18. The van der Waals surface area contributed by atoms with E-state index >= 15 is 0 Å². The quantitative estimate of drug-likeness (QED) is 0.289. The molecule has 0 unspecified atom stereocenters. The van der Waals surface area contributed by atoms with Crippen molar-refractivity contribution in [2.45, 2.75) is 56.3 Å². The van der Waals surface area contributed by atoms with Crippen molar-refractivity contribution in [2.24, 2.45) is 5.73 Å². The largest absolute Gasteiger partial charge is 0.416 e. The monoisotopic (exact) mass is 626 g/mol. The molecule has 0 spiro atoms. The number of aromatic nitrogens is 2. The Morgan fingerprint density at radius 1 is 0.923 bits per heavy atom. The maximum Gasteiger partial charge on any atom is 0.416 e. The summed E-state index contributed by atoms with van der Waals surface area (Å²) in [6.45, 7) is 1.78. The number of nitrogens with one attached hydrogen (secondary N) is 1. The van der Waals surface area contributed by atoms with Gasteiger partial charge >= 0.3 is 18.5 Å². The molecule has 3 aromatic rings. The van der Waals surface area contributed by atoms with Gasteiger partial charge in [-0.1, -0.05) is 6.92 Å². The fourth-order valence-corrected chi connectivity index (χ4v) is 4.75. The Morgan fingerprint density at radius 3 is 2.05 bits per heavy atom. The molecule has 0 bridgehead atoms. The molecule has 4 nitrogen and oxygen atoms in total. The van der Waals surface area contributed by atoms with E-state index in [9.17, 15) is 39.5 Å². The average Bonchev–Trinajstić information content (AvgIpc) is 2.83. The smallest absolute Gasteiger partial charge is 0.367 e. The zero-order valence-corrected chi connectivity index (χ0v) is 21.6. The first-order valence-corrected chi connectivity index (χ1v) is 12.3. The Bertz CT molecular complexity index is 1350. The number of anilines is 1. The highest BCUT2D eigenvalue weighted by molar-refractivity contribution is 9.10. The minimum absolute atomic E-state index is 0.0275. The van der Waals surface area contributed by atoms with Crippen LogP contribution >= 0.6 is 15.9 Å². The lowest BCUT2D eigenvalue weighted by atomic mass is 9.81. The van der Waals surface area contributed by atoms with Crippen LogP contribution in [0.4, 0.5) is 45.2 Å². The highest BCUT2D eigenvalue weighted by Gasteiger charge is 2.40. The predicted octanol–water partition coefficient (Wildman–Crippen LogP) is 7.90. The molecule has 0 saturated heterocycles. The molecule has 0 fully saturated rings. The molecule has 210 valence electrons. The highest BCUT2D eigenvalue weighted by atomic mass is 79.9. The number of alkyl halides is 9. The average molecular weight is 627 g/mol. The summed E-state index contributed by atoms with van der Waals surface area (Å²) in [4.78, 5) is 8.61. The molecule has 2 atom stereocenters. The Hall–Kier alpha value is -2.87. The maximum atomic E-state index is 13.5. The number of hydrogen-bond acceptors (Lipinski definition) is 4. The zero-order chi connectivity index (χ0) is 29.0. The lowest BCUT2D eigenvalue weighted by Crippen LogP contribution is -2.51. The second kappa shape index (κ2) is 9.95. The van der Waals surface area contributed by atoms with Crippen LogP contribution in [0.5, 0.6) is 0 Å². The molecule has 3 N–H and O–H groups in total. The van der Waals surface area contributed by atoms with Gasteiger partial charge in [-0.3, -0.25) is 0 Å². The second-order valence-electron chi connectivity index (χ2n) is 9.30. The van der Waals surface area contributed by atoms with Gasteiger partial charge in [-0.2, -0.15) is 39.5 Å². The van der Waals surface area contributed by atoms with Gasteiger partial charge in [-0.05, 0) is 76.3 Å². The van der Waals surface area contributed by atoms with Crippen LogP contribution < -0.4 is 11.1 Å². The zero-order valence-electron chi connectivity index (χ0n) is 20.0. The van der Waals surface area contributed by atoms with E-state index in [1.807, 2.05) is 0 Å². The first-order chi connectivity index (χ1) is 17.9. The van der Waals surface area contributed by atoms with Gasteiger partial charge in [0.15, 0.2) is 0 Å². The first kappa shape index (κ1) is 29.1. The van der Waals surface area contributed by atoms with E-state index in [0.29, 0.717) is 24.2 Å². The SMILES string of the molecule is CC[C@]1(N)C[C@H](c2ncc(Br)c(Cc3cc(C(F)(F)F)cc(C(F)(F)F)c3)n2)c2cc(C(F)(F)F)ccc2N1. The summed E-state index contributed by atoms with van der Waals surface area (Å²) in [6, 6.07) is 4.34. The lowest BCUT2D eigenvalue weighted by Gasteiger charge is -2.40. The van der Waals surface area contributed by atoms with Crippen molar-refractivity contribution in [1.29, 1.82) is 0 Å². The van der Waals surface area contributed by atoms with E-state index in [-0.39, 0.29) is 39.6 Å². The molecule has 1 aromatic heterocycles. The van der Waals surface area contributed by atoms with Crippen LogP contribution in [0.2, 0.25) is 0 Å². The Balaban J connectivity index is 1.80. The fraction of sp³-hybridized carbons (Fsp3) is 0.360. The molecule has 0 radical (unpaired) electrons. The third-order valence-corrected chi connectivity index (χ3v) is 7.17. The van der Waals surface area contributed by atoms with Gasteiger partial charge in [0.05, 0.1) is 32.5 Å². The third kappa shape index (κ3) is 6.32. The minimum atomic E-state index is -5.02. The van der Waals surface area contributed by atoms with Crippen molar-refractivity contribution < 1.29 is 39.5 Å². The van der Waals surface area contributed by atoms with Crippen molar-refractivity contribution in [3.05, 3.63) is 86.4 Å². The molecule has 2 heterocycles. The first-order valence-electron chi connectivity index (χ1n) is 11.5. The molecule has 4 rings (SSSR count). The summed E-state index contributed by atoms with van der Waals surface area (Å²) in [7, 11) is 0. The molecule has 14 heteroatoms. The van der Waals surface area contributed by atoms with E-state index in [4.69, 9.17) is 5.73 Å². The molecular weight excluding hydrogens is 607 g/mol. The van der Waals surface area contributed by atoms with Crippen LogP contribution in [0.25, 0.3) is 0 Å². The van der Waals surface area contributed by atoms with E-state index in [0.717, 1.165) is 12.1 Å². The van der Waals surface area contributed by atoms with Crippen molar-refractivity contribution in [3.63, 3.8) is 0 Å². The van der Waals surface area contributed by atoms with Gasteiger partial charge in [0.25, 0.3) is 0 Å². The van der Waals surface area contributed by atoms with Gasteiger partial charge in [-0.25, -0.2) is 9.97 Å². The van der Waals surface area contributed by atoms with Crippen LogP contribution in [-0.4, -0.2) is 15.6 Å². The summed E-state index contributed by atoms with van der Waals surface area (Å²) in [5.74, 6) is -0.811. The van der Waals surface area contributed by atoms with Crippen molar-refractivity contribution >= 4 is 21.6 Å². The van der Waals surface area contributed by atoms with Crippen LogP contribution in [0.3, 0.4) is 0 Å². The number of hydrogen-bond donors (Lipinski definition) is 2. The van der Waals surface area contributed by atoms with E-state index < -0.39 is 53.2 Å². The molecule has 0 amide bonds. The van der Waals surface area contributed by atoms with Crippen molar-refractivity contribution in [3.8, 4) is 0 Å². The van der Waals surface area contributed by atoms with Crippen LogP contribution in [-0.2, 0) is 24.9 Å². The highest BCUT2D eigenvalue weighted by Crippen LogP contribution is 2.44. The Labute approximate surface area is 225 Å². The van der Waals surface area contributed by atoms with Crippen LogP contribution in [0, 0.1) is 0 Å². The summed E-state index contributed by atoms with van der Waals surface area (Å²) in [6.07, 6.45) is -13.4. The van der Waals surface area contributed by atoms with E-state index in [2.05, 4.69) is 31.2 Å². The lowest BCUT2D eigenvalue weighted by molar-refractivity contribution is -0.143. The molecule has 2 aromatic carbocycles. The number of rotatable bonds is 4.